The van der Waals surface area contributed by atoms with Gasteiger partial charge in [-0.25, -0.2) is 0 Å². The molecule has 0 aliphatic carbocycles. The molecule has 1 heterocycles. The van der Waals surface area contributed by atoms with Crippen molar-refractivity contribution in [1.29, 1.82) is 0 Å². The number of anilines is 1. The number of carbonyl (C=O) groups is 1. The topological polar surface area (TPSA) is 41.6 Å². The molecule has 1 aromatic rings. The van der Waals surface area contributed by atoms with Crippen LogP contribution >= 0.6 is 0 Å². The molecule has 1 aromatic carbocycles. The number of nitrogens with zero attached hydrogens (tertiary/aromatic N) is 1. The van der Waals surface area contributed by atoms with E-state index >= 15 is 0 Å². The lowest BCUT2D eigenvalue weighted by molar-refractivity contribution is 0.0388. The van der Waals surface area contributed by atoms with Crippen LogP contribution in [0.4, 0.5) is 5.69 Å². The fourth-order valence-electron chi connectivity index (χ4n) is 2.64. The lowest BCUT2D eigenvalue weighted by Crippen LogP contribution is -2.35. The van der Waals surface area contributed by atoms with Crippen molar-refractivity contribution in [3.63, 3.8) is 0 Å². The lowest BCUT2D eigenvalue weighted by atomic mass is 10.0. The van der Waals surface area contributed by atoms with E-state index in [9.17, 15) is 4.79 Å². The van der Waals surface area contributed by atoms with Crippen molar-refractivity contribution in [2.24, 2.45) is 5.92 Å². The molecular weight excluding hydrogens is 264 g/mol. The number of carbonyl (C=O) groups excluding carboxylic acids is 1. The van der Waals surface area contributed by atoms with Crippen molar-refractivity contribution >= 4 is 11.6 Å². The summed E-state index contributed by atoms with van der Waals surface area (Å²) in [4.78, 5) is 14.2. The molecule has 1 amide bonds. The first-order valence-corrected chi connectivity index (χ1v) is 7.88. The Bertz CT molecular complexity index is 439. The van der Waals surface area contributed by atoms with Gasteiger partial charge < -0.3 is 15.0 Å². The van der Waals surface area contributed by atoms with E-state index in [4.69, 9.17) is 4.74 Å². The Morgan fingerprint density at radius 2 is 2.14 bits per heavy atom. The summed E-state index contributed by atoms with van der Waals surface area (Å²) < 4.78 is 5.48. The standard InChI is InChI=1S/C17H26N2O2/c1-3-10-18-16-8-6-15(7-9-16)17(20)19(2)12-14-5-4-11-21-13-14/h6-9,14,18H,3-5,10-13H2,1-2H3. The number of hydrogen-bond donors (Lipinski definition) is 1. The van der Waals surface area contributed by atoms with Crippen LogP contribution in [0.1, 0.15) is 36.5 Å². The van der Waals surface area contributed by atoms with Crippen molar-refractivity contribution in [3.05, 3.63) is 29.8 Å². The Morgan fingerprint density at radius 3 is 2.76 bits per heavy atom. The first kappa shape index (κ1) is 15.8. The fourth-order valence-corrected chi connectivity index (χ4v) is 2.64. The van der Waals surface area contributed by atoms with Crippen LogP contribution in [-0.4, -0.2) is 44.2 Å². The molecule has 1 N–H and O–H groups in total. The average Bonchev–Trinajstić information content (AvgIpc) is 2.53. The van der Waals surface area contributed by atoms with Gasteiger partial charge in [-0.15, -0.1) is 0 Å². The lowest BCUT2D eigenvalue weighted by Gasteiger charge is -2.27. The van der Waals surface area contributed by atoms with E-state index in [0.717, 1.165) is 56.8 Å². The van der Waals surface area contributed by atoms with Crippen LogP contribution in [0.2, 0.25) is 0 Å². The van der Waals surface area contributed by atoms with Gasteiger partial charge in [-0.05, 0) is 49.4 Å². The molecule has 1 aliphatic rings. The van der Waals surface area contributed by atoms with Gasteiger partial charge in [0.2, 0.25) is 0 Å². The summed E-state index contributed by atoms with van der Waals surface area (Å²) in [5.41, 5.74) is 1.81. The predicted molar refractivity (Wildman–Crippen MR) is 85.7 cm³/mol. The van der Waals surface area contributed by atoms with Crippen LogP contribution in [-0.2, 0) is 4.74 Å². The Labute approximate surface area is 127 Å². The Kier molecular flexibility index (Phi) is 6.05. The normalized spacial score (nSPS) is 18.3. The van der Waals surface area contributed by atoms with Crippen molar-refractivity contribution < 1.29 is 9.53 Å². The highest BCUT2D eigenvalue weighted by Crippen LogP contribution is 2.16. The molecule has 1 unspecified atom stereocenters. The van der Waals surface area contributed by atoms with Gasteiger partial charge in [0.1, 0.15) is 0 Å². The molecule has 4 heteroatoms. The Morgan fingerprint density at radius 1 is 1.38 bits per heavy atom. The van der Waals surface area contributed by atoms with Crippen LogP contribution in [0, 0.1) is 5.92 Å². The minimum Gasteiger partial charge on any atom is -0.385 e. The molecule has 1 fully saturated rings. The number of nitrogens with one attached hydrogen (secondary N) is 1. The SMILES string of the molecule is CCCNc1ccc(C(=O)N(C)CC2CCCOC2)cc1. The van der Waals surface area contributed by atoms with Gasteiger partial charge in [-0.1, -0.05) is 6.92 Å². The molecule has 0 aromatic heterocycles. The number of benzene rings is 1. The molecule has 0 saturated carbocycles. The van der Waals surface area contributed by atoms with Crippen molar-refractivity contribution in [2.75, 3.05) is 38.7 Å². The molecule has 116 valence electrons. The van der Waals surface area contributed by atoms with Crippen molar-refractivity contribution in [3.8, 4) is 0 Å². The van der Waals surface area contributed by atoms with Crippen LogP contribution < -0.4 is 5.32 Å². The minimum atomic E-state index is 0.0858. The van der Waals surface area contributed by atoms with Crippen LogP contribution in [0.5, 0.6) is 0 Å². The third kappa shape index (κ3) is 4.74. The molecule has 0 spiro atoms. The molecule has 1 saturated heterocycles. The summed E-state index contributed by atoms with van der Waals surface area (Å²) in [5, 5.41) is 3.31. The maximum Gasteiger partial charge on any atom is 0.253 e. The zero-order valence-corrected chi connectivity index (χ0v) is 13.1. The maximum atomic E-state index is 12.4. The predicted octanol–water partition coefficient (Wildman–Crippen LogP) is 3.01. The summed E-state index contributed by atoms with van der Waals surface area (Å²) in [6.45, 7) is 5.50. The average molecular weight is 290 g/mol. The van der Waals surface area contributed by atoms with Gasteiger partial charge in [0.25, 0.3) is 5.91 Å². The van der Waals surface area contributed by atoms with E-state index in [1.807, 2.05) is 36.2 Å². The molecular formula is C17H26N2O2. The minimum absolute atomic E-state index is 0.0858. The number of rotatable bonds is 6. The van der Waals surface area contributed by atoms with Gasteiger partial charge in [0.15, 0.2) is 0 Å². The van der Waals surface area contributed by atoms with Gasteiger partial charge >= 0.3 is 0 Å². The zero-order chi connectivity index (χ0) is 15.1. The van der Waals surface area contributed by atoms with E-state index in [1.165, 1.54) is 0 Å². The molecule has 2 rings (SSSR count). The fraction of sp³-hybridized carbons (Fsp3) is 0.588. The Balaban J connectivity index is 1.88. The highest BCUT2D eigenvalue weighted by Gasteiger charge is 2.19. The second kappa shape index (κ2) is 8.03. The smallest absolute Gasteiger partial charge is 0.253 e. The highest BCUT2D eigenvalue weighted by molar-refractivity contribution is 5.94. The summed E-state index contributed by atoms with van der Waals surface area (Å²) >= 11 is 0. The number of amides is 1. The third-order valence-corrected chi connectivity index (χ3v) is 3.84. The largest absolute Gasteiger partial charge is 0.385 e. The van der Waals surface area contributed by atoms with Gasteiger partial charge in [-0.3, -0.25) is 4.79 Å². The first-order valence-electron chi connectivity index (χ1n) is 7.88. The van der Waals surface area contributed by atoms with E-state index in [1.54, 1.807) is 0 Å². The summed E-state index contributed by atoms with van der Waals surface area (Å²) in [7, 11) is 1.88. The quantitative estimate of drug-likeness (QED) is 0.875. The van der Waals surface area contributed by atoms with E-state index < -0.39 is 0 Å². The van der Waals surface area contributed by atoms with Crippen molar-refractivity contribution in [2.45, 2.75) is 26.2 Å². The summed E-state index contributed by atoms with van der Waals surface area (Å²) in [6.07, 6.45) is 3.34. The van der Waals surface area contributed by atoms with E-state index in [-0.39, 0.29) is 5.91 Å². The zero-order valence-electron chi connectivity index (χ0n) is 13.1. The third-order valence-electron chi connectivity index (χ3n) is 3.84. The molecule has 4 nitrogen and oxygen atoms in total. The monoisotopic (exact) mass is 290 g/mol. The van der Waals surface area contributed by atoms with Crippen LogP contribution in [0.15, 0.2) is 24.3 Å². The van der Waals surface area contributed by atoms with Gasteiger partial charge in [0.05, 0.1) is 6.61 Å². The summed E-state index contributed by atoms with van der Waals surface area (Å²) in [6, 6.07) is 7.74. The van der Waals surface area contributed by atoms with Gasteiger partial charge in [-0.2, -0.15) is 0 Å². The molecule has 1 aliphatic heterocycles. The second-order valence-corrected chi connectivity index (χ2v) is 5.77. The molecule has 1 atom stereocenters. The van der Waals surface area contributed by atoms with Crippen molar-refractivity contribution in [1.82, 2.24) is 4.90 Å². The van der Waals surface area contributed by atoms with E-state index in [0.29, 0.717) is 5.92 Å². The van der Waals surface area contributed by atoms with Crippen LogP contribution in [0.3, 0.4) is 0 Å². The molecule has 0 bridgehead atoms. The van der Waals surface area contributed by atoms with E-state index in [2.05, 4.69) is 12.2 Å². The highest BCUT2D eigenvalue weighted by atomic mass is 16.5. The maximum absolute atomic E-state index is 12.4. The number of hydrogen-bond acceptors (Lipinski definition) is 3. The van der Waals surface area contributed by atoms with Gasteiger partial charge in [0, 0.05) is 38.0 Å². The summed E-state index contributed by atoms with van der Waals surface area (Å²) in [5.74, 6) is 0.556. The Hall–Kier alpha value is -1.55. The number of ether oxygens (including phenoxy) is 1. The molecule has 0 radical (unpaired) electrons. The second-order valence-electron chi connectivity index (χ2n) is 5.77. The molecule has 21 heavy (non-hydrogen) atoms. The first-order chi connectivity index (χ1) is 10.2. The van der Waals surface area contributed by atoms with Crippen LogP contribution in [0.25, 0.3) is 0 Å².